The summed E-state index contributed by atoms with van der Waals surface area (Å²) in [5, 5.41) is 2.61. The molecule has 6 nitrogen and oxygen atoms in total. The molecule has 0 saturated heterocycles. The van der Waals surface area contributed by atoms with Crippen LogP contribution in [0.1, 0.15) is 16.8 Å². The Morgan fingerprint density at radius 2 is 1.78 bits per heavy atom. The molecule has 5 N–H and O–H groups in total. The zero-order valence-corrected chi connectivity index (χ0v) is 11.0. The van der Waals surface area contributed by atoms with Crippen molar-refractivity contribution in [3.63, 3.8) is 0 Å². The Labute approximate surface area is 106 Å². The highest BCUT2D eigenvalue weighted by Crippen LogP contribution is 2.13. The van der Waals surface area contributed by atoms with Gasteiger partial charge in [0.1, 0.15) is 9.84 Å². The van der Waals surface area contributed by atoms with Crippen LogP contribution in [0.2, 0.25) is 0 Å². The molecule has 18 heavy (non-hydrogen) atoms. The second-order valence-corrected chi connectivity index (χ2v) is 6.39. The molecular weight excluding hydrogens is 254 g/mol. The van der Waals surface area contributed by atoms with Crippen LogP contribution >= 0.6 is 0 Å². The van der Waals surface area contributed by atoms with Gasteiger partial charge in [0.25, 0.3) is 5.91 Å². The largest absolute Gasteiger partial charge is 0.399 e. The fraction of sp³-hybridized carbons (Fsp3) is 0.364. The molecule has 100 valence electrons. The van der Waals surface area contributed by atoms with Crippen molar-refractivity contribution in [3.05, 3.63) is 23.8 Å². The third-order valence-corrected chi connectivity index (χ3v) is 3.25. The lowest BCUT2D eigenvalue weighted by Crippen LogP contribution is -2.26. The smallest absolute Gasteiger partial charge is 0.251 e. The van der Waals surface area contributed by atoms with Gasteiger partial charge in [-0.25, -0.2) is 8.42 Å². The van der Waals surface area contributed by atoms with E-state index in [1.165, 1.54) is 12.1 Å². The molecule has 0 aliphatic rings. The summed E-state index contributed by atoms with van der Waals surface area (Å²) in [5.41, 5.74) is 12.3. The number of benzene rings is 1. The van der Waals surface area contributed by atoms with Gasteiger partial charge in [-0.05, 0) is 24.6 Å². The van der Waals surface area contributed by atoms with Gasteiger partial charge in [0.05, 0.1) is 5.75 Å². The molecule has 0 heterocycles. The number of amides is 1. The van der Waals surface area contributed by atoms with Gasteiger partial charge in [0, 0.05) is 29.7 Å². The van der Waals surface area contributed by atoms with Gasteiger partial charge < -0.3 is 16.8 Å². The minimum atomic E-state index is -2.99. The number of carbonyl (C=O) groups is 1. The molecule has 1 rings (SSSR count). The normalized spacial score (nSPS) is 11.2. The van der Waals surface area contributed by atoms with E-state index in [0.29, 0.717) is 29.9 Å². The zero-order valence-electron chi connectivity index (χ0n) is 10.1. The number of nitrogens with one attached hydrogen (secondary N) is 1. The van der Waals surface area contributed by atoms with Crippen LogP contribution in [0.4, 0.5) is 11.4 Å². The first-order chi connectivity index (χ1) is 8.28. The van der Waals surface area contributed by atoms with E-state index in [9.17, 15) is 13.2 Å². The summed E-state index contributed by atoms with van der Waals surface area (Å²) in [6.07, 6.45) is 1.54. The first-order valence-electron chi connectivity index (χ1n) is 5.40. The molecule has 0 saturated carbocycles. The van der Waals surface area contributed by atoms with Crippen LogP contribution in [-0.4, -0.2) is 32.9 Å². The number of nitrogens with two attached hydrogens (primary N) is 2. The van der Waals surface area contributed by atoms with Gasteiger partial charge in [0.2, 0.25) is 0 Å². The van der Waals surface area contributed by atoms with Crippen molar-refractivity contribution in [2.45, 2.75) is 6.42 Å². The van der Waals surface area contributed by atoms with Crippen molar-refractivity contribution in [1.29, 1.82) is 0 Å². The lowest BCUT2D eigenvalue weighted by molar-refractivity contribution is 0.0953. The van der Waals surface area contributed by atoms with Gasteiger partial charge in [-0.3, -0.25) is 4.79 Å². The average molecular weight is 271 g/mol. The lowest BCUT2D eigenvalue weighted by atomic mass is 10.1. The summed E-state index contributed by atoms with van der Waals surface area (Å²) < 4.78 is 21.8. The first-order valence-corrected chi connectivity index (χ1v) is 7.46. The Balaban J connectivity index is 2.51. The highest BCUT2D eigenvalue weighted by atomic mass is 32.2. The topological polar surface area (TPSA) is 115 Å². The standard InChI is InChI=1S/C11H17N3O3S/c1-18(16,17)4-2-3-14-11(15)8-5-9(12)7-10(13)6-8/h5-7H,2-4,12-13H2,1H3,(H,14,15). The summed E-state index contributed by atoms with van der Waals surface area (Å²) in [4.78, 5) is 11.7. The molecular formula is C11H17N3O3S. The van der Waals surface area contributed by atoms with Crippen molar-refractivity contribution in [3.8, 4) is 0 Å². The Kier molecular flexibility index (Phi) is 4.55. The minimum Gasteiger partial charge on any atom is -0.399 e. The molecule has 0 bridgehead atoms. The Morgan fingerprint density at radius 3 is 2.28 bits per heavy atom. The SMILES string of the molecule is CS(=O)(=O)CCCNC(=O)c1cc(N)cc(N)c1. The summed E-state index contributed by atoms with van der Waals surface area (Å²) in [6, 6.07) is 4.59. The second kappa shape index (κ2) is 5.72. The van der Waals surface area contributed by atoms with E-state index in [1.54, 1.807) is 6.07 Å². The molecule has 0 radical (unpaired) electrons. The van der Waals surface area contributed by atoms with Crippen LogP contribution in [0, 0.1) is 0 Å². The molecule has 1 aromatic rings. The van der Waals surface area contributed by atoms with E-state index in [-0.39, 0.29) is 11.7 Å². The summed E-state index contributed by atoms with van der Waals surface area (Å²) in [6.45, 7) is 0.292. The average Bonchev–Trinajstić information content (AvgIpc) is 2.21. The first kappa shape index (κ1) is 14.3. The van der Waals surface area contributed by atoms with Gasteiger partial charge in [-0.2, -0.15) is 0 Å². The Morgan fingerprint density at radius 1 is 1.22 bits per heavy atom. The maximum absolute atomic E-state index is 11.7. The van der Waals surface area contributed by atoms with Crippen LogP contribution in [-0.2, 0) is 9.84 Å². The molecule has 1 amide bonds. The van der Waals surface area contributed by atoms with Crippen LogP contribution < -0.4 is 16.8 Å². The molecule has 0 unspecified atom stereocenters. The predicted octanol–water partition coefficient (Wildman–Crippen LogP) is 0.0155. The Bertz CT molecular complexity index is 520. The highest BCUT2D eigenvalue weighted by molar-refractivity contribution is 7.90. The fourth-order valence-corrected chi connectivity index (χ4v) is 2.11. The van der Waals surface area contributed by atoms with Crippen LogP contribution in [0.3, 0.4) is 0 Å². The molecule has 1 aromatic carbocycles. The highest BCUT2D eigenvalue weighted by Gasteiger charge is 2.07. The summed E-state index contributed by atoms with van der Waals surface area (Å²) in [5.74, 6) is -0.269. The van der Waals surface area contributed by atoms with Crippen molar-refractivity contribution in [1.82, 2.24) is 5.32 Å². The van der Waals surface area contributed by atoms with Gasteiger partial charge in [0.15, 0.2) is 0 Å². The molecule has 0 aliphatic heterocycles. The van der Waals surface area contributed by atoms with E-state index in [0.717, 1.165) is 6.26 Å². The number of anilines is 2. The summed E-state index contributed by atoms with van der Waals surface area (Å²) in [7, 11) is -2.99. The van der Waals surface area contributed by atoms with Crippen LogP contribution in [0.15, 0.2) is 18.2 Å². The van der Waals surface area contributed by atoms with Gasteiger partial charge in [-0.15, -0.1) is 0 Å². The lowest BCUT2D eigenvalue weighted by Gasteiger charge is -2.06. The van der Waals surface area contributed by atoms with Crippen LogP contribution in [0.25, 0.3) is 0 Å². The third-order valence-electron chi connectivity index (χ3n) is 2.22. The maximum atomic E-state index is 11.7. The number of hydrogen-bond donors (Lipinski definition) is 3. The van der Waals surface area contributed by atoms with Crippen LogP contribution in [0.5, 0.6) is 0 Å². The fourth-order valence-electron chi connectivity index (χ4n) is 1.45. The minimum absolute atomic E-state index is 0.0480. The van der Waals surface area contributed by atoms with E-state index >= 15 is 0 Å². The molecule has 0 spiro atoms. The maximum Gasteiger partial charge on any atom is 0.251 e. The van der Waals surface area contributed by atoms with E-state index in [1.807, 2.05) is 0 Å². The molecule has 0 aromatic heterocycles. The predicted molar refractivity (Wildman–Crippen MR) is 71.9 cm³/mol. The van der Waals surface area contributed by atoms with E-state index in [2.05, 4.69) is 5.32 Å². The number of hydrogen-bond acceptors (Lipinski definition) is 5. The van der Waals surface area contributed by atoms with Crippen molar-refractivity contribution < 1.29 is 13.2 Å². The quantitative estimate of drug-likeness (QED) is 0.515. The number of sulfone groups is 1. The number of rotatable bonds is 5. The third kappa shape index (κ3) is 5.05. The zero-order chi connectivity index (χ0) is 13.8. The van der Waals surface area contributed by atoms with E-state index < -0.39 is 9.84 Å². The monoisotopic (exact) mass is 271 g/mol. The molecule has 7 heteroatoms. The molecule has 0 aliphatic carbocycles. The second-order valence-electron chi connectivity index (χ2n) is 4.13. The molecule has 0 fully saturated rings. The van der Waals surface area contributed by atoms with Gasteiger partial charge >= 0.3 is 0 Å². The number of nitrogen functional groups attached to an aromatic ring is 2. The molecule has 0 atom stereocenters. The number of carbonyl (C=O) groups excluding carboxylic acids is 1. The van der Waals surface area contributed by atoms with Crippen molar-refractivity contribution >= 4 is 27.1 Å². The Hall–Kier alpha value is -1.76. The van der Waals surface area contributed by atoms with Crippen molar-refractivity contribution in [2.75, 3.05) is 30.0 Å². The van der Waals surface area contributed by atoms with E-state index in [4.69, 9.17) is 11.5 Å². The van der Waals surface area contributed by atoms with Crippen molar-refractivity contribution in [2.24, 2.45) is 0 Å². The summed E-state index contributed by atoms with van der Waals surface area (Å²) >= 11 is 0. The van der Waals surface area contributed by atoms with Gasteiger partial charge in [-0.1, -0.05) is 0 Å².